The summed E-state index contributed by atoms with van der Waals surface area (Å²) in [5, 5.41) is 8.85. The maximum absolute atomic E-state index is 11.3. The molecule has 0 aromatic heterocycles. The van der Waals surface area contributed by atoms with Crippen molar-refractivity contribution in [1.82, 2.24) is 9.24 Å². The summed E-state index contributed by atoms with van der Waals surface area (Å²) >= 11 is 2.86. The lowest BCUT2D eigenvalue weighted by atomic mass is 10.1. The van der Waals surface area contributed by atoms with Crippen LogP contribution >= 0.6 is 16.1 Å². The van der Waals surface area contributed by atoms with Crippen molar-refractivity contribution in [3.05, 3.63) is 34.9 Å². The second-order valence-corrected chi connectivity index (χ2v) is 3.94. The monoisotopic (exact) mass is 284 g/mol. The zero-order valence-electron chi connectivity index (χ0n) is 8.24. The predicted octanol–water partition coefficient (Wildman–Crippen LogP) is 1.72. The van der Waals surface area contributed by atoms with E-state index in [1.807, 2.05) is 0 Å². The second-order valence-electron chi connectivity index (χ2n) is 3.55. The molecule has 0 radical (unpaired) electrons. The Morgan fingerprint density at radius 1 is 1.31 bits per heavy atom. The van der Waals surface area contributed by atoms with Gasteiger partial charge >= 0.3 is 6.09 Å². The molecule has 2 amide bonds. The van der Waals surface area contributed by atoms with E-state index >= 15 is 0 Å². The first-order valence-electron chi connectivity index (χ1n) is 4.62. The van der Waals surface area contributed by atoms with Crippen molar-refractivity contribution in [2.45, 2.75) is 13.1 Å². The average molecular weight is 285 g/mol. The molecule has 5 nitrogen and oxygen atoms in total. The molecule has 1 aliphatic rings. The first-order valence-corrected chi connectivity index (χ1v) is 5.42. The molecule has 84 valence electrons. The van der Waals surface area contributed by atoms with E-state index in [9.17, 15) is 9.59 Å². The number of fused-ring (bicyclic) bond motifs is 1. The summed E-state index contributed by atoms with van der Waals surface area (Å²) in [6.07, 6.45) is -0.942. The summed E-state index contributed by atoms with van der Waals surface area (Å²) < 4.78 is 2.35. The van der Waals surface area contributed by atoms with Gasteiger partial charge in [0.2, 0.25) is 0 Å². The third kappa shape index (κ3) is 1.88. The van der Waals surface area contributed by atoms with Crippen LogP contribution < -0.4 is 4.34 Å². The van der Waals surface area contributed by atoms with Crippen molar-refractivity contribution >= 4 is 28.1 Å². The molecular weight excluding hydrogens is 276 g/mol. The Kier molecular flexibility index (Phi) is 2.82. The van der Waals surface area contributed by atoms with Crippen LogP contribution in [-0.2, 0) is 13.1 Å². The van der Waals surface area contributed by atoms with Crippen LogP contribution in [-0.4, -0.2) is 22.0 Å². The summed E-state index contributed by atoms with van der Waals surface area (Å²) in [5.41, 5.74) is 2.35. The van der Waals surface area contributed by atoms with Gasteiger partial charge in [0.15, 0.2) is 0 Å². The Hall–Kier alpha value is -1.56. The molecule has 2 N–H and O–H groups in total. The van der Waals surface area contributed by atoms with Gasteiger partial charge in [-0.15, -0.1) is 0 Å². The topological polar surface area (TPSA) is 69.6 Å². The minimum absolute atomic E-state index is 0.239. The Morgan fingerprint density at radius 2 is 2.00 bits per heavy atom. The van der Waals surface area contributed by atoms with Crippen LogP contribution in [0.2, 0.25) is 0 Å². The highest BCUT2D eigenvalue weighted by molar-refractivity contribution is 9.08. The molecule has 1 aliphatic heterocycles. The predicted molar refractivity (Wildman–Crippen MR) is 60.1 cm³/mol. The van der Waals surface area contributed by atoms with Gasteiger partial charge in [0, 0.05) is 34.8 Å². The number of halogens is 1. The fourth-order valence-corrected chi connectivity index (χ4v) is 1.95. The number of carbonyl (C=O) groups excluding carboxylic acids is 1. The lowest BCUT2D eigenvalue weighted by Gasteiger charge is -2.08. The van der Waals surface area contributed by atoms with Crippen LogP contribution in [0.3, 0.4) is 0 Å². The minimum atomic E-state index is -0.942. The van der Waals surface area contributed by atoms with Gasteiger partial charge < -0.3 is 5.11 Å². The molecule has 1 aromatic carbocycles. The Morgan fingerprint density at radius 3 is 2.62 bits per heavy atom. The van der Waals surface area contributed by atoms with Gasteiger partial charge in [0.05, 0.1) is 0 Å². The summed E-state index contributed by atoms with van der Waals surface area (Å²) in [6, 6.07) is 5.19. The first-order chi connectivity index (χ1) is 7.61. The molecule has 16 heavy (non-hydrogen) atoms. The van der Waals surface area contributed by atoms with Gasteiger partial charge in [-0.2, -0.15) is 0 Å². The van der Waals surface area contributed by atoms with Gasteiger partial charge in [-0.1, -0.05) is 6.07 Å². The van der Waals surface area contributed by atoms with E-state index in [1.165, 1.54) is 4.90 Å². The van der Waals surface area contributed by atoms with Crippen molar-refractivity contribution in [2.24, 2.45) is 0 Å². The van der Waals surface area contributed by atoms with Crippen molar-refractivity contribution in [1.29, 1.82) is 0 Å². The summed E-state index contributed by atoms with van der Waals surface area (Å²) in [4.78, 5) is 23.4. The largest absolute Gasteiger partial charge is 0.465 e. The SMILES string of the molecule is O=C(NBr)c1ccc2c(c1)CN(C(=O)O)C2. The van der Waals surface area contributed by atoms with Crippen LogP contribution in [0.4, 0.5) is 4.79 Å². The second kappa shape index (κ2) is 4.13. The molecule has 1 aromatic rings. The third-order valence-electron chi connectivity index (χ3n) is 2.55. The van der Waals surface area contributed by atoms with E-state index in [-0.39, 0.29) is 5.91 Å². The van der Waals surface area contributed by atoms with Crippen LogP contribution in [0, 0.1) is 0 Å². The molecule has 0 atom stereocenters. The number of benzene rings is 1. The summed E-state index contributed by atoms with van der Waals surface area (Å²) in [5.74, 6) is -0.239. The lowest BCUT2D eigenvalue weighted by molar-refractivity contribution is 0.0986. The van der Waals surface area contributed by atoms with E-state index < -0.39 is 6.09 Å². The zero-order valence-corrected chi connectivity index (χ0v) is 9.82. The Bertz CT molecular complexity index is 461. The van der Waals surface area contributed by atoms with Gasteiger partial charge in [0.1, 0.15) is 0 Å². The maximum atomic E-state index is 11.3. The van der Waals surface area contributed by atoms with Crippen LogP contribution in [0.1, 0.15) is 21.5 Å². The molecular formula is C10H9BrN2O3. The highest BCUT2D eigenvalue weighted by Gasteiger charge is 2.23. The number of hydrogen-bond acceptors (Lipinski definition) is 2. The molecule has 0 saturated carbocycles. The molecule has 0 bridgehead atoms. The first kappa shape index (κ1) is 10.9. The number of carboxylic acid groups (broad SMARTS) is 1. The number of hydrogen-bond donors (Lipinski definition) is 2. The molecule has 0 aliphatic carbocycles. The van der Waals surface area contributed by atoms with E-state index in [0.29, 0.717) is 18.7 Å². The molecule has 0 saturated heterocycles. The van der Waals surface area contributed by atoms with Gasteiger partial charge in [-0.25, -0.2) is 4.79 Å². The number of amides is 2. The number of nitrogens with zero attached hydrogens (tertiary/aromatic N) is 1. The Balaban J connectivity index is 2.27. The fraction of sp³-hybridized carbons (Fsp3) is 0.200. The average Bonchev–Trinajstić information content (AvgIpc) is 2.70. The van der Waals surface area contributed by atoms with Crippen molar-refractivity contribution < 1.29 is 14.7 Å². The lowest BCUT2D eigenvalue weighted by Crippen LogP contribution is -2.22. The molecule has 6 heteroatoms. The van der Waals surface area contributed by atoms with Gasteiger partial charge in [-0.3, -0.25) is 14.0 Å². The van der Waals surface area contributed by atoms with Gasteiger partial charge in [-0.05, 0) is 23.3 Å². The van der Waals surface area contributed by atoms with E-state index in [0.717, 1.165) is 11.1 Å². The van der Waals surface area contributed by atoms with E-state index in [4.69, 9.17) is 5.11 Å². The van der Waals surface area contributed by atoms with Crippen LogP contribution in [0.25, 0.3) is 0 Å². The van der Waals surface area contributed by atoms with Crippen molar-refractivity contribution in [2.75, 3.05) is 0 Å². The number of rotatable bonds is 1. The molecule has 2 rings (SSSR count). The standard InChI is InChI=1S/C10H9BrN2O3/c11-12-9(14)6-1-2-7-4-13(10(15)16)5-8(7)3-6/h1-3H,4-5H2,(H,12,14)(H,15,16). The summed E-state index contributed by atoms with van der Waals surface area (Å²) in [6.45, 7) is 0.731. The number of carbonyl (C=O) groups is 2. The van der Waals surface area contributed by atoms with E-state index in [2.05, 4.69) is 20.5 Å². The quantitative estimate of drug-likeness (QED) is 0.772. The zero-order chi connectivity index (χ0) is 11.7. The van der Waals surface area contributed by atoms with Crippen molar-refractivity contribution in [3.8, 4) is 0 Å². The highest BCUT2D eigenvalue weighted by atomic mass is 79.9. The Labute approximate surface area is 100 Å². The highest BCUT2D eigenvalue weighted by Crippen LogP contribution is 2.23. The van der Waals surface area contributed by atoms with E-state index in [1.54, 1.807) is 18.2 Å². The smallest absolute Gasteiger partial charge is 0.407 e. The summed E-state index contributed by atoms with van der Waals surface area (Å²) in [7, 11) is 0. The third-order valence-corrected chi connectivity index (χ3v) is 2.91. The normalized spacial score (nSPS) is 13.4. The van der Waals surface area contributed by atoms with Crippen molar-refractivity contribution in [3.63, 3.8) is 0 Å². The molecule has 0 fully saturated rings. The number of nitrogens with one attached hydrogen (secondary N) is 1. The minimum Gasteiger partial charge on any atom is -0.465 e. The molecule has 0 spiro atoms. The fourth-order valence-electron chi connectivity index (χ4n) is 1.73. The van der Waals surface area contributed by atoms with Crippen LogP contribution in [0.5, 0.6) is 0 Å². The maximum Gasteiger partial charge on any atom is 0.407 e. The van der Waals surface area contributed by atoms with Gasteiger partial charge in [0.25, 0.3) is 5.91 Å². The molecule has 1 heterocycles. The molecule has 0 unspecified atom stereocenters. The van der Waals surface area contributed by atoms with Crippen LogP contribution in [0.15, 0.2) is 18.2 Å².